The lowest BCUT2D eigenvalue weighted by molar-refractivity contribution is 0.161. The molecule has 3 rings (SSSR count). The highest BCUT2D eigenvalue weighted by atomic mass is 14.7. The van der Waals surface area contributed by atoms with Crippen LogP contribution >= 0.6 is 0 Å². The van der Waals surface area contributed by atoms with E-state index < -0.39 is 0 Å². The van der Waals surface area contributed by atoms with Crippen LogP contribution in [0.15, 0.2) is 0 Å². The largest absolute Gasteiger partial charge is 0.0625 e. The van der Waals surface area contributed by atoms with Crippen LogP contribution in [0.2, 0.25) is 0 Å². The Hall–Kier alpha value is 0. The van der Waals surface area contributed by atoms with Gasteiger partial charge in [-0.15, -0.1) is 0 Å². The number of hydrogen-bond donors (Lipinski definition) is 0. The Balaban J connectivity index is 1.84. The molecule has 0 aliphatic heterocycles. The monoisotopic (exact) mass is 304 g/mol. The van der Waals surface area contributed by atoms with Gasteiger partial charge in [-0.1, -0.05) is 55.4 Å². The Bertz CT molecular complexity index is 424. The van der Waals surface area contributed by atoms with E-state index in [1.807, 2.05) is 0 Å². The average Bonchev–Trinajstić information content (AvgIpc) is 2.87. The third kappa shape index (κ3) is 2.22. The first-order valence-electron chi connectivity index (χ1n) is 10.1. The SMILES string of the molecule is CC(C)C(C)C1(C)C(C)C1C1CCC(C)C2(C)CC(C)C1C2. The first-order valence-corrected chi connectivity index (χ1v) is 10.1. The van der Waals surface area contributed by atoms with Gasteiger partial charge in [0.25, 0.3) is 0 Å². The number of fused-ring (bicyclic) bond motifs is 2. The van der Waals surface area contributed by atoms with Gasteiger partial charge in [0.1, 0.15) is 0 Å². The molecule has 2 bridgehead atoms. The molecule has 3 saturated carbocycles. The second-order valence-corrected chi connectivity index (χ2v) is 10.6. The fraction of sp³-hybridized carbons (Fsp3) is 1.00. The van der Waals surface area contributed by atoms with E-state index >= 15 is 0 Å². The van der Waals surface area contributed by atoms with E-state index in [2.05, 4.69) is 55.4 Å². The van der Waals surface area contributed by atoms with Crippen LogP contribution in [0.1, 0.15) is 81.1 Å². The number of rotatable bonds is 3. The molecule has 0 N–H and O–H groups in total. The quantitative estimate of drug-likeness (QED) is 0.547. The van der Waals surface area contributed by atoms with E-state index in [1.165, 1.54) is 25.7 Å². The summed E-state index contributed by atoms with van der Waals surface area (Å²) in [5, 5.41) is 0. The third-order valence-electron chi connectivity index (χ3n) is 9.47. The summed E-state index contributed by atoms with van der Waals surface area (Å²) in [5.41, 5.74) is 1.27. The molecule has 9 atom stereocenters. The second-order valence-electron chi connectivity index (χ2n) is 10.6. The Morgan fingerprint density at radius 3 is 2.09 bits per heavy atom. The number of hydrogen-bond acceptors (Lipinski definition) is 0. The molecule has 3 aliphatic rings. The lowest BCUT2D eigenvalue weighted by atomic mass is 9.72. The summed E-state index contributed by atoms with van der Waals surface area (Å²) in [6.45, 7) is 20.3. The molecule has 0 saturated heterocycles. The second kappa shape index (κ2) is 5.25. The Morgan fingerprint density at radius 2 is 1.50 bits per heavy atom. The van der Waals surface area contributed by atoms with Crippen LogP contribution in [-0.2, 0) is 0 Å². The molecule has 3 aliphatic carbocycles. The van der Waals surface area contributed by atoms with Gasteiger partial charge in [0.15, 0.2) is 0 Å². The van der Waals surface area contributed by atoms with Crippen LogP contribution in [0.25, 0.3) is 0 Å². The van der Waals surface area contributed by atoms with Crippen LogP contribution in [0, 0.1) is 58.2 Å². The van der Waals surface area contributed by atoms with E-state index in [0.717, 1.165) is 47.3 Å². The topological polar surface area (TPSA) is 0 Å². The van der Waals surface area contributed by atoms with Crippen LogP contribution in [0.4, 0.5) is 0 Å². The predicted octanol–water partition coefficient (Wildman–Crippen LogP) is 6.65. The van der Waals surface area contributed by atoms with Crippen molar-refractivity contribution in [2.75, 3.05) is 0 Å². The van der Waals surface area contributed by atoms with Crippen molar-refractivity contribution in [2.45, 2.75) is 81.1 Å². The maximum absolute atomic E-state index is 2.63. The molecule has 0 aromatic carbocycles. The van der Waals surface area contributed by atoms with Crippen LogP contribution in [0.5, 0.6) is 0 Å². The van der Waals surface area contributed by atoms with Gasteiger partial charge in [-0.3, -0.25) is 0 Å². The van der Waals surface area contributed by atoms with Crippen LogP contribution < -0.4 is 0 Å². The zero-order chi connectivity index (χ0) is 16.4. The average molecular weight is 305 g/mol. The molecule has 0 heteroatoms. The Morgan fingerprint density at radius 1 is 0.864 bits per heavy atom. The van der Waals surface area contributed by atoms with Crippen molar-refractivity contribution < 1.29 is 0 Å². The zero-order valence-corrected chi connectivity index (χ0v) is 16.4. The molecule has 0 aromatic heterocycles. The first kappa shape index (κ1) is 16.8. The molecule has 3 fully saturated rings. The van der Waals surface area contributed by atoms with Crippen molar-refractivity contribution >= 4 is 0 Å². The zero-order valence-electron chi connectivity index (χ0n) is 16.4. The molecule has 0 spiro atoms. The highest BCUT2D eigenvalue weighted by molar-refractivity contribution is 5.13. The van der Waals surface area contributed by atoms with Gasteiger partial charge >= 0.3 is 0 Å². The van der Waals surface area contributed by atoms with Gasteiger partial charge in [0, 0.05) is 0 Å². The molecule has 0 aromatic rings. The minimum Gasteiger partial charge on any atom is -0.0625 e. The van der Waals surface area contributed by atoms with E-state index in [1.54, 1.807) is 0 Å². The normalized spacial score (nSPS) is 56.0. The Labute approximate surface area is 139 Å². The fourth-order valence-corrected chi connectivity index (χ4v) is 7.20. The van der Waals surface area contributed by atoms with E-state index in [0.29, 0.717) is 10.8 Å². The lowest BCUT2D eigenvalue weighted by Gasteiger charge is -2.33. The molecular formula is C22H40. The first-order chi connectivity index (χ1) is 10.1. The van der Waals surface area contributed by atoms with E-state index in [9.17, 15) is 0 Å². The van der Waals surface area contributed by atoms with Gasteiger partial charge in [-0.05, 0) is 83.9 Å². The summed E-state index contributed by atoms with van der Waals surface area (Å²) in [4.78, 5) is 0. The molecular weight excluding hydrogens is 264 g/mol. The van der Waals surface area contributed by atoms with Crippen LogP contribution in [0.3, 0.4) is 0 Å². The highest BCUT2D eigenvalue weighted by Crippen LogP contribution is 2.71. The fourth-order valence-electron chi connectivity index (χ4n) is 7.20. The summed E-state index contributed by atoms with van der Waals surface area (Å²) >= 11 is 0. The van der Waals surface area contributed by atoms with Crippen molar-refractivity contribution in [2.24, 2.45) is 58.2 Å². The van der Waals surface area contributed by atoms with Crippen molar-refractivity contribution in [3.63, 3.8) is 0 Å². The predicted molar refractivity (Wildman–Crippen MR) is 96.6 cm³/mol. The molecule has 0 nitrogen and oxygen atoms in total. The molecule has 22 heavy (non-hydrogen) atoms. The molecule has 0 heterocycles. The highest BCUT2D eigenvalue weighted by Gasteiger charge is 2.66. The van der Waals surface area contributed by atoms with Gasteiger partial charge < -0.3 is 0 Å². The smallest absolute Gasteiger partial charge is 0.0235 e. The van der Waals surface area contributed by atoms with Gasteiger partial charge in [-0.2, -0.15) is 0 Å². The summed E-state index contributed by atoms with van der Waals surface area (Å²) in [6.07, 6.45) is 6.02. The van der Waals surface area contributed by atoms with E-state index in [-0.39, 0.29) is 0 Å². The van der Waals surface area contributed by atoms with Crippen molar-refractivity contribution in [1.29, 1.82) is 0 Å². The maximum Gasteiger partial charge on any atom is -0.0235 e. The summed E-state index contributed by atoms with van der Waals surface area (Å²) in [7, 11) is 0. The van der Waals surface area contributed by atoms with E-state index in [4.69, 9.17) is 0 Å². The van der Waals surface area contributed by atoms with Crippen molar-refractivity contribution in [1.82, 2.24) is 0 Å². The van der Waals surface area contributed by atoms with Crippen molar-refractivity contribution in [3.05, 3.63) is 0 Å². The van der Waals surface area contributed by atoms with Gasteiger partial charge in [0.2, 0.25) is 0 Å². The molecule has 0 radical (unpaired) electrons. The van der Waals surface area contributed by atoms with Gasteiger partial charge in [-0.25, -0.2) is 0 Å². The third-order valence-corrected chi connectivity index (χ3v) is 9.47. The molecule has 128 valence electrons. The standard InChI is InChI=1S/C22H40/c1-13(2)16(5)22(8)17(6)20(22)18-10-9-15(4)21(7)11-14(3)19(18)12-21/h13-20H,9-12H2,1-8H3. The summed E-state index contributed by atoms with van der Waals surface area (Å²) in [5.74, 6) is 7.58. The summed E-state index contributed by atoms with van der Waals surface area (Å²) < 4.78 is 0. The minimum absolute atomic E-state index is 0.616. The lowest BCUT2D eigenvalue weighted by Crippen LogP contribution is -2.26. The summed E-state index contributed by atoms with van der Waals surface area (Å²) in [6, 6.07) is 0. The minimum atomic E-state index is 0.616. The van der Waals surface area contributed by atoms with Gasteiger partial charge in [0.05, 0.1) is 0 Å². The maximum atomic E-state index is 2.63. The van der Waals surface area contributed by atoms with Crippen molar-refractivity contribution in [3.8, 4) is 0 Å². The molecule has 9 unspecified atom stereocenters. The molecule has 0 amide bonds. The Kier molecular flexibility index (Phi) is 4.02. The van der Waals surface area contributed by atoms with Crippen LogP contribution in [-0.4, -0.2) is 0 Å².